The van der Waals surface area contributed by atoms with Crippen LogP contribution < -0.4 is 0 Å². The molecule has 0 saturated carbocycles. The van der Waals surface area contributed by atoms with Gasteiger partial charge in [0.05, 0.1) is 30.6 Å². The molecule has 1 spiro atoms. The van der Waals surface area contributed by atoms with Gasteiger partial charge in [0, 0.05) is 12.6 Å². The minimum atomic E-state index is -1.14. The van der Waals surface area contributed by atoms with Crippen molar-refractivity contribution in [3.8, 4) is 0 Å². The fraction of sp³-hybridized carbons (Fsp3) is 0.773. The lowest BCUT2D eigenvalue weighted by Crippen LogP contribution is -2.60. The van der Waals surface area contributed by atoms with Crippen LogP contribution in [-0.2, 0) is 19.1 Å². The summed E-state index contributed by atoms with van der Waals surface area (Å²) in [5.74, 6) is -3.54. The third-order valence-corrected chi connectivity index (χ3v) is 7.18. The zero-order valence-corrected chi connectivity index (χ0v) is 18.1. The fourth-order valence-electron chi connectivity index (χ4n) is 5.82. The Labute approximate surface area is 177 Å². The van der Waals surface area contributed by atoms with Gasteiger partial charge in [-0.05, 0) is 32.6 Å². The number of carbonyl (C=O) groups excluding carboxylic acids is 2. The topological polar surface area (TPSA) is 107 Å². The zero-order valence-electron chi connectivity index (χ0n) is 18.1. The molecule has 3 fully saturated rings. The smallest absolute Gasteiger partial charge is 0.310 e. The van der Waals surface area contributed by atoms with Crippen molar-refractivity contribution in [3.63, 3.8) is 0 Å². The van der Waals surface area contributed by atoms with Crippen molar-refractivity contribution in [2.75, 3.05) is 13.2 Å². The Morgan fingerprint density at radius 3 is 2.67 bits per heavy atom. The molecule has 0 aromatic rings. The molecule has 2 N–H and O–H groups in total. The lowest BCUT2D eigenvalue weighted by Gasteiger charge is -2.40. The molecular weight excluding hydrogens is 388 g/mol. The van der Waals surface area contributed by atoms with Crippen LogP contribution in [0.1, 0.15) is 52.9 Å². The SMILES string of the molecule is C=CCN(C(=O)C1N([C@@H](CC)CO)C(=O)[C@@H]2[C@@H](C(=O)O)[C@H]3CCC12O3)C(C)CCC. The quantitative estimate of drug-likeness (QED) is 0.516. The van der Waals surface area contributed by atoms with Crippen molar-refractivity contribution in [2.45, 2.75) is 82.7 Å². The summed E-state index contributed by atoms with van der Waals surface area (Å²) in [7, 11) is 0. The van der Waals surface area contributed by atoms with E-state index in [4.69, 9.17) is 4.74 Å². The summed E-state index contributed by atoms with van der Waals surface area (Å²) in [5.41, 5.74) is -1.14. The number of likely N-dealkylation sites (tertiary alicyclic amines) is 1. The molecule has 3 aliphatic rings. The second kappa shape index (κ2) is 8.67. The van der Waals surface area contributed by atoms with Crippen LogP contribution in [0.4, 0.5) is 0 Å². The Morgan fingerprint density at radius 2 is 2.13 bits per heavy atom. The van der Waals surface area contributed by atoms with E-state index in [9.17, 15) is 24.6 Å². The molecule has 0 radical (unpaired) electrons. The number of carbonyl (C=O) groups is 3. The number of rotatable bonds is 10. The van der Waals surface area contributed by atoms with E-state index in [1.807, 2.05) is 20.8 Å². The summed E-state index contributed by atoms with van der Waals surface area (Å²) in [4.78, 5) is 42.6. The van der Waals surface area contributed by atoms with Gasteiger partial charge in [-0.1, -0.05) is 26.3 Å². The van der Waals surface area contributed by atoms with E-state index in [1.165, 1.54) is 4.90 Å². The number of fused-ring (bicyclic) bond motifs is 1. The summed E-state index contributed by atoms with van der Waals surface area (Å²) in [6.45, 7) is 9.68. The van der Waals surface area contributed by atoms with Gasteiger partial charge in [0.25, 0.3) is 0 Å². The maximum Gasteiger partial charge on any atom is 0.310 e. The highest BCUT2D eigenvalue weighted by atomic mass is 16.5. The maximum atomic E-state index is 13.9. The van der Waals surface area contributed by atoms with Gasteiger partial charge in [-0.25, -0.2) is 0 Å². The second-order valence-corrected chi connectivity index (χ2v) is 8.80. The first-order chi connectivity index (χ1) is 14.3. The van der Waals surface area contributed by atoms with Crippen molar-refractivity contribution in [1.82, 2.24) is 9.80 Å². The minimum absolute atomic E-state index is 0.0593. The van der Waals surface area contributed by atoms with Gasteiger partial charge in [-0.3, -0.25) is 14.4 Å². The Balaban J connectivity index is 2.08. The number of aliphatic carboxylic acids is 1. The van der Waals surface area contributed by atoms with E-state index >= 15 is 0 Å². The van der Waals surface area contributed by atoms with E-state index in [0.717, 1.165) is 12.8 Å². The summed E-state index contributed by atoms with van der Waals surface area (Å²) in [6, 6.07) is -1.55. The van der Waals surface area contributed by atoms with Crippen LogP contribution in [-0.4, -0.2) is 80.8 Å². The van der Waals surface area contributed by atoms with Crippen LogP contribution in [0.3, 0.4) is 0 Å². The molecule has 0 aliphatic carbocycles. The first-order valence-electron chi connectivity index (χ1n) is 11.0. The number of carboxylic acid groups (broad SMARTS) is 1. The number of hydrogen-bond donors (Lipinski definition) is 2. The molecule has 3 saturated heterocycles. The highest BCUT2D eigenvalue weighted by Gasteiger charge is 2.75. The normalized spacial score (nSPS) is 34.0. The van der Waals surface area contributed by atoms with Gasteiger partial charge < -0.3 is 24.7 Å². The average molecular weight is 423 g/mol. The van der Waals surface area contributed by atoms with E-state index in [1.54, 1.807) is 11.0 Å². The third kappa shape index (κ3) is 3.24. The van der Waals surface area contributed by atoms with E-state index in [0.29, 0.717) is 25.8 Å². The van der Waals surface area contributed by atoms with Gasteiger partial charge in [0.1, 0.15) is 11.6 Å². The minimum Gasteiger partial charge on any atom is -0.481 e. The molecule has 3 heterocycles. The number of nitrogens with zero attached hydrogens (tertiary/aromatic N) is 2. The van der Waals surface area contributed by atoms with Gasteiger partial charge in [0.2, 0.25) is 11.8 Å². The van der Waals surface area contributed by atoms with Crippen LogP contribution in [0.5, 0.6) is 0 Å². The summed E-state index contributed by atoms with van der Waals surface area (Å²) < 4.78 is 6.20. The standard InChI is InChI=1S/C22H34N2O6/c1-5-8-13(4)23(11-6-2)20(27)18-22-10-9-15(30-22)16(21(28)29)17(22)19(26)24(18)14(7-3)12-25/h6,13-18,25H,2,5,7-12H2,1,3-4H3,(H,28,29)/t13?,14-,15+,16-,17-,18?,22?/m0/s1. The largest absolute Gasteiger partial charge is 0.481 e. The maximum absolute atomic E-state index is 13.9. The lowest BCUT2D eigenvalue weighted by molar-refractivity contribution is -0.154. The first kappa shape index (κ1) is 22.7. The Bertz CT molecular complexity index is 708. The van der Waals surface area contributed by atoms with Crippen LogP contribution in [0.25, 0.3) is 0 Å². The molecule has 168 valence electrons. The van der Waals surface area contributed by atoms with Crippen molar-refractivity contribution in [1.29, 1.82) is 0 Å². The molecule has 2 bridgehead atoms. The summed E-state index contributed by atoms with van der Waals surface area (Å²) in [6.07, 6.45) is 4.26. The third-order valence-electron chi connectivity index (χ3n) is 7.18. The molecule has 8 nitrogen and oxygen atoms in total. The van der Waals surface area contributed by atoms with Crippen molar-refractivity contribution in [2.24, 2.45) is 11.8 Å². The van der Waals surface area contributed by atoms with E-state index in [2.05, 4.69) is 6.58 Å². The van der Waals surface area contributed by atoms with Crippen molar-refractivity contribution >= 4 is 17.8 Å². The monoisotopic (exact) mass is 422 g/mol. The molecular formula is C22H34N2O6. The Morgan fingerprint density at radius 1 is 1.43 bits per heavy atom. The van der Waals surface area contributed by atoms with Gasteiger partial charge in [-0.2, -0.15) is 0 Å². The molecule has 3 aliphatic heterocycles. The van der Waals surface area contributed by atoms with Crippen LogP contribution >= 0.6 is 0 Å². The van der Waals surface area contributed by atoms with Crippen molar-refractivity contribution < 1.29 is 29.3 Å². The molecule has 7 atom stereocenters. The number of carboxylic acids is 1. The van der Waals surface area contributed by atoms with Gasteiger partial charge in [0.15, 0.2) is 0 Å². The van der Waals surface area contributed by atoms with Gasteiger partial charge >= 0.3 is 5.97 Å². The molecule has 0 aromatic heterocycles. The number of hydrogen-bond acceptors (Lipinski definition) is 5. The van der Waals surface area contributed by atoms with Crippen LogP contribution in [0.2, 0.25) is 0 Å². The Kier molecular flexibility index (Phi) is 6.57. The molecule has 3 unspecified atom stereocenters. The highest BCUT2D eigenvalue weighted by Crippen LogP contribution is 2.59. The number of ether oxygens (including phenoxy) is 1. The predicted octanol–water partition coefficient (Wildman–Crippen LogP) is 1.42. The number of aliphatic hydroxyl groups excluding tert-OH is 1. The Hall–Kier alpha value is -1.93. The van der Waals surface area contributed by atoms with Crippen molar-refractivity contribution in [3.05, 3.63) is 12.7 Å². The molecule has 0 aromatic carbocycles. The number of aliphatic hydroxyl groups is 1. The molecule has 8 heteroatoms. The van der Waals surface area contributed by atoms with E-state index < -0.39 is 41.6 Å². The average Bonchev–Trinajstić information content (AvgIpc) is 3.35. The van der Waals surface area contributed by atoms with Gasteiger partial charge in [-0.15, -0.1) is 6.58 Å². The predicted molar refractivity (Wildman–Crippen MR) is 110 cm³/mol. The second-order valence-electron chi connectivity index (χ2n) is 8.80. The van der Waals surface area contributed by atoms with Crippen LogP contribution in [0.15, 0.2) is 12.7 Å². The summed E-state index contributed by atoms with van der Waals surface area (Å²) >= 11 is 0. The first-order valence-corrected chi connectivity index (χ1v) is 11.0. The zero-order chi connectivity index (χ0) is 22.2. The fourth-order valence-corrected chi connectivity index (χ4v) is 5.82. The van der Waals surface area contributed by atoms with Crippen LogP contribution in [0, 0.1) is 11.8 Å². The molecule has 2 amide bonds. The van der Waals surface area contributed by atoms with E-state index in [-0.39, 0.29) is 24.5 Å². The molecule has 30 heavy (non-hydrogen) atoms. The summed E-state index contributed by atoms with van der Waals surface area (Å²) in [5, 5.41) is 19.8. The molecule has 3 rings (SSSR count). The lowest BCUT2D eigenvalue weighted by atomic mass is 9.70. The highest BCUT2D eigenvalue weighted by molar-refractivity contribution is 5.98. The number of amides is 2.